The van der Waals surface area contributed by atoms with Gasteiger partial charge in [0.2, 0.25) is 23.5 Å². The number of halogens is 2. The van der Waals surface area contributed by atoms with Crippen LogP contribution in [0.15, 0.2) is 66.9 Å². The third kappa shape index (κ3) is 9.68. The molecular formula is C53H59Cl2N9O6. The van der Waals surface area contributed by atoms with Crippen LogP contribution >= 0.6 is 23.2 Å². The van der Waals surface area contributed by atoms with Gasteiger partial charge in [0.15, 0.2) is 0 Å². The highest BCUT2D eigenvalue weighted by molar-refractivity contribution is 6.32. The van der Waals surface area contributed by atoms with Gasteiger partial charge in [0.05, 0.1) is 40.9 Å². The molecule has 6 aliphatic heterocycles. The number of amides is 4. The minimum atomic E-state index is -0.961. The molecule has 0 bridgehead atoms. The van der Waals surface area contributed by atoms with Crippen molar-refractivity contribution >= 4 is 64.2 Å². The van der Waals surface area contributed by atoms with Crippen molar-refractivity contribution in [2.45, 2.75) is 76.5 Å². The first-order valence-corrected chi connectivity index (χ1v) is 25.6. The number of benzene rings is 3. The maximum absolute atomic E-state index is 13.4. The van der Waals surface area contributed by atoms with Gasteiger partial charge < -0.3 is 24.2 Å². The Morgan fingerprint density at radius 2 is 1.54 bits per heavy atom. The van der Waals surface area contributed by atoms with Gasteiger partial charge in [-0.05, 0) is 123 Å². The van der Waals surface area contributed by atoms with E-state index in [0.29, 0.717) is 63.9 Å². The zero-order valence-corrected chi connectivity index (χ0v) is 41.3. The minimum Gasteiger partial charge on any atom is -0.502 e. The Morgan fingerprint density at radius 1 is 0.814 bits per heavy atom. The third-order valence-electron chi connectivity index (χ3n) is 15.6. The smallest absolute Gasteiger partial charge is 0.262 e. The summed E-state index contributed by atoms with van der Waals surface area (Å²) < 4.78 is 11.9. The summed E-state index contributed by atoms with van der Waals surface area (Å²) in [5.74, 6) is 2.09. The second-order valence-electron chi connectivity index (χ2n) is 20.3. The number of carbonyl (C=O) groups excluding carboxylic acids is 4. The van der Waals surface area contributed by atoms with E-state index >= 15 is 0 Å². The number of likely N-dealkylation sites (tertiary alicyclic amines) is 2. The van der Waals surface area contributed by atoms with Gasteiger partial charge in [-0.15, -0.1) is 11.6 Å². The number of aromatic nitrogens is 2. The lowest BCUT2D eigenvalue weighted by Crippen LogP contribution is -2.54. The van der Waals surface area contributed by atoms with Crippen LogP contribution in [0, 0.1) is 24.3 Å². The van der Waals surface area contributed by atoms with E-state index in [-0.39, 0.29) is 25.4 Å². The van der Waals surface area contributed by atoms with Crippen LogP contribution in [-0.4, -0.2) is 132 Å². The Bertz CT molecular complexity index is 2680. The van der Waals surface area contributed by atoms with E-state index in [1.54, 1.807) is 12.1 Å². The highest BCUT2D eigenvalue weighted by Crippen LogP contribution is 2.43. The molecule has 4 aromatic rings. The van der Waals surface area contributed by atoms with Crippen molar-refractivity contribution in [2.24, 2.45) is 17.8 Å². The lowest BCUT2D eigenvalue weighted by atomic mass is 9.78. The molecule has 3 aromatic carbocycles. The van der Waals surface area contributed by atoms with Crippen molar-refractivity contribution in [1.82, 2.24) is 30.0 Å². The van der Waals surface area contributed by atoms with Crippen molar-refractivity contribution in [3.05, 3.63) is 111 Å². The van der Waals surface area contributed by atoms with Crippen molar-refractivity contribution in [3.8, 4) is 11.5 Å². The molecule has 10 rings (SSSR count). The summed E-state index contributed by atoms with van der Waals surface area (Å²) in [6.07, 6.45) is 6.62. The fourth-order valence-electron chi connectivity index (χ4n) is 11.6. The molecule has 1 N–H and O–H groups in total. The van der Waals surface area contributed by atoms with Gasteiger partial charge in [-0.3, -0.25) is 34.3 Å². The average molecular weight is 989 g/mol. The Balaban J connectivity index is 0.652. The van der Waals surface area contributed by atoms with E-state index in [0.717, 1.165) is 111 Å². The standard InChI is InChI=1S/C53H59Cl2N9O6/c1-53(2,37-24-44(55)48(69-23-17-54)45(25-37)56-3)36-4-7-41(8-5-36)70-32-38-12-18-57-52(58-38)63-30-34-28-62(29-35(34)31-63)39-15-19-60(20-16-39)27-33-13-21-61(22-14-33)40-6-9-42-43(26-40)51(68)64(50(42)67)46-10-11-47(65)59-49(46)66/h4-9,12,18,24-26,33-35,39,46H,10-11,13-17,19-23,27-32H2,1-2H3,(H,59,65,66). The summed E-state index contributed by atoms with van der Waals surface area (Å²) in [6.45, 7) is 21.8. The molecule has 366 valence electrons. The first-order chi connectivity index (χ1) is 33.9. The molecule has 0 aliphatic carbocycles. The van der Waals surface area contributed by atoms with Crippen LogP contribution in [0.4, 0.5) is 17.3 Å². The summed E-state index contributed by atoms with van der Waals surface area (Å²) in [5, 5.41) is 2.65. The summed E-state index contributed by atoms with van der Waals surface area (Å²) in [4.78, 5) is 75.2. The fourth-order valence-corrected chi connectivity index (χ4v) is 11.9. The van der Waals surface area contributed by atoms with Crippen LogP contribution in [0.1, 0.15) is 89.9 Å². The van der Waals surface area contributed by atoms with Gasteiger partial charge in [0.25, 0.3) is 11.8 Å². The number of carbonyl (C=O) groups is 4. The number of alkyl halides is 1. The number of piperidine rings is 3. The normalized spacial score (nSPS) is 22.6. The lowest BCUT2D eigenvalue weighted by Gasteiger charge is -2.40. The number of hydrogen-bond donors (Lipinski definition) is 1. The molecule has 5 fully saturated rings. The lowest BCUT2D eigenvalue weighted by molar-refractivity contribution is -0.136. The molecule has 3 unspecified atom stereocenters. The highest BCUT2D eigenvalue weighted by atomic mass is 35.5. The monoisotopic (exact) mass is 987 g/mol. The number of nitrogens with one attached hydrogen (secondary N) is 1. The molecule has 6 aliphatic rings. The number of fused-ring (bicyclic) bond motifs is 2. The van der Waals surface area contributed by atoms with Crippen LogP contribution in [0.2, 0.25) is 5.02 Å². The molecule has 0 spiro atoms. The van der Waals surface area contributed by atoms with E-state index in [9.17, 15) is 19.2 Å². The number of imide groups is 2. The van der Waals surface area contributed by atoms with E-state index < -0.39 is 29.2 Å². The van der Waals surface area contributed by atoms with Crippen LogP contribution in [0.3, 0.4) is 0 Å². The van der Waals surface area contributed by atoms with E-state index in [1.165, 1.54) is 12.8 Å². The molecule has 0 radical (unpaired) electrons. The van der Waals surface area contributed by atoms with E-state index in [4.69, 9.17) is 44.2 Å². The summed E-state index contributed by atoms with van der Waals surface area (Å²) in [6, 6.07) is 18.7. The van der Waals surface area contributed by atoms with Crippen molar-refractivity contribution in [1.29, 1.82) is 0 Å². The maximum Gasteiger partial charge on any atom is 0.262 e. The van der Waals surface area contributed by atoms with Crippen LogP contribution in [-0.2, 0) is 21.6 Å². The fraction of sp³-hybridized carbons (Fsp3) is 0.491. The Labute approximate surface area is 419 Å². The zero-order valence-electron chi connectivity index (χ0n) is 39.7. The Hall–Kier alpha value is -5.79. The van der Waals surface area contributed by atoms with Gasteiger partial charge in [-0.25, -0.2) is 14.8 Å². The third-order valence-corrected chi connectivity index (χ3v) is 16.1. The molecule has 5 saturated heterocycles. The minimum absolute atomic E-state index is 0.102. The van der Waals surface area contributed by atoms with Gasteiger partial charge in [0.1, 0.15) is 24.1 Å². The van der Waals surface area contributed by atoms with Crippen LogP contribution < -0.4 is 24.6 Å². The quantitative estimate of drug-likeness (QED) is 0.0766. The predicted octanol–water partition coefficient (Wildman–Crippen LogP) is 7.35. The molecule has 4 amide bonds. The van der Waals surface area contributed by atoms with Crippen LogP contribution in [0.25, 0.3) is 4.85 Å². The highest BCUT2D eigenvalue weighted by Gasteiger charge is 2.46. The zero-order chi connectivity index (χ0) is 48.7. The molecular weight excluding hydrogens is 930 g/mol. The first kappa shape index (κ1) is 47.9. The molecule has 15 nitrogen and oxygen atoms in total. The van der Waals surface area contributed by atoms with Crippen molar-refractivity contribution < 1.29 is 28.7 Å². The second kappa shape index (κ2) is 20.1. The van der Waals surface area contributed by atoms with Gasteiger partial charge in [-0.2, -0.15) is 0 Å². The predicted molar refractivity (Wildman–Crippen MR) is 267 cm³/mol. The largest absolute Gasteiger partial charge is 0.502 e. The van der Waals surface area contributed by atoms with Crippen molar-refractivity contribution in [2.75, 3.05) is 81.2 Å². The summed E-state index contributed by atoms with van der Waals surface area (Å²) in [7, 11) is 0. The number of ether oxygens (including phenoxy) is 2. The molecule has 0 saturated carbocycles. The van der Waals surface area contributed by atoms with Gasteiger partial charge in [0, 0.05) is 75.6 Å². The number of nitrogens with zero attached hydrogens (tertiary/aromatic N) is 8. The molecule has 3 atom stereocenters. The Kier molecular flexibility index (Phi) is 13.8. The van der Waals surface area contributed by atoms with Crippen LogP contribution in [0.5, 0.6) is 11.5 Å². The maximum atomic E-state index is 13.4. The molecule has 7 heterocycles. The van der Waals surface area contributed by atoms with E-state index in [2.05, 4.69) is 48.6 Å². The second-order valence-corrected chi connectivity index (χ2v) is 21.0. The topological polar surface area (TPSA) is 145 Å². The molecule has 70 heavy (non-hydrogen) atoms. The first-order valence-electron chi connectivity index (χ1n) is 24.6. The number of anilines is 2. The summed E-state index contributed by atoms with van der Waals surface area (Å²) in [5.41, 5.74) is 4.30. The average Bonchev–Trinajstić information content (AvgIpc) is 4.03. The number of hydrogen-bond acceptors (Lipinski definition) is 12. The van der Waals surface area contributed by atoms with E-state index in [1.807, 2.05) is 54.7 Å². The molecule has 1 aromatic heterocycles. The van der Waals surface area contributed by atoms with Gasteiger partial charge in [-0.1, -0.05) is 37.6 Å². The van der Waals surface area contributed by atoms with Crippen molar-refractivity contribution in [3.63, 3.8) is 0 Å². The SMILES string of the molecule is [C-]#[N+]c1cc(C(C)(C)c2ccc(OCc3ccnc(N4CC5CN(C6CCN(CC7CCN(c8ccc9c(c8)C(=O)N(C8CCC(=O)NC8=O)C9=O)CC7)CC6)CC5C4)n3)cc2)cc(Cl)c1OCCCl. The molecule has 17 heteroatoms. The number of rotatable bonds is 14. The Morgan fingerprint density at radius 3 is 2.24 bits per heavy atom. The summed E-state index contributed by atoms with van der Waals surface area (Å²) >= 11 is 12.4. The van der Waals surface area contributed by atoms with Gasteiger partial charge >= 0.3 is 0 Å².